The lowest BCUT2D eigenvalue weighted by Crippen LogP contribution is -1.93. The monoisotopic (exact) mass is 314 g/mol. The van der Waals surface area contributed by atoms with Crippen molar-refractivity contribution in [2.24, 2.45) is 0 Å². The molecule has 2 nitrogen and oxygen atoms in total. The summed E-state index contributed by atoms with van der Waals surface area (Å²) in [5, 5.41) is 8.51. The van der Waals surface area contributed by atoms with E-state index in [4.69, 9.17) is 5.11 Å². The molecule has 0 radical (unpaired) electrons. The number of carbonyl (C=O) groups is 1. The number of rotatable bonds is 15. The summed E-state index contributed by atoms with van der Waals surface area (Å²) >= 11 is 0. The third-order valence-corrected chi connectivity index (χ3v) is 3.65. The zero-order valence-corrected chi connectivity index (χ0v) is 13.4. The van der Waals surface area contributed by atoms with Gasteiger partial charge in [0.2, 0.25) is 0 Å². The van der Waals surface area contributed by atoms with Gasteiger partial charge in [0.05, 0.1) is 0 Å². The average molecular weight is 315 g/mol. The molecule has 0 saturated heterocycles. The van der Waals surface area contributed by atoms with E-state index in [2.05, 4.69) is 19.1 Å². The van der Waals surface area contributed by atoms with Gasteiger partial charge in [-0.3, -0.25) is 4.79 Å². The third kappa shape index (κ3) is 21.9. The Kier molecular flexibility index (Phi) is 21.0. The van der Waals surface area contributed by atoms with Crippen molar-refractivity contribution in [1.82, 2.24) is 0 Å². The van der Waals surface area contributed by atoms with Gasteiger partial charge in [-0.2, -0.15) is 0 Å². The molecule has 0 aliphatic carbocycles. The summed E-state index contributed by atoms with van der Waals surface area (Å²) in [4.78, 5) is 10.3. The van der Waals surface area contributed by atoms with Gasteiger partial charge in [-0.05, 0) is 43.1 Å². The van der Waals surface area contributed by atoms with Crippen LogP contribution in [-0.4, -0.2) is 22.0 Å². The molecule has 0 unspecified atom stereocenters. The zero-order valence-electron chi connectivity index (χ0n) is 13.4. The largest absolute Gasteiger partial charge is 0.481 e. The molecule has 3 heteroatoms. The molecular formula is C18H38O2Si. The molecule has 0 aromatic rings. The minimum atomic E-state index is -0.664. The maximum Gasteiger partial charge on any atom is 0.303 e. The fourth-order valence-corrected chi connectivity index (χ4v) is 2.35. The molecule has 0 aromatic heterocycles. The minimum absolute atomic E-state index is 0. The number of aliphatic carboxylic acids is 1. The van der Waals surface area contributed by atoms with Crippen LogP contribution >= 0.6 is 0 Å². The number of carboxylic acids is 1. The first kappa shape index (κ1) is 22.7. The smallest absolute Gasteiger partial charge is 0.303 e. The van der Waals surface area contributed by atoms with E-state index in [1.54, 1.807) is 0 Å². The summed E-state index contributed by atoms with van der Waals surface area (Å²) in [7, 11) is 0. The average Bonchev–Trinajstić information content (AvgIpc) is 2.43. The summed E-state index contributed by atoms with van der Waals surface area (Å²) in [6.45, 7) is 2.26. The Bertz CT molecular complexity index is 239. The molecule has 0 aliphatic heterocycles. The summed E-state index contributed by atoms with van der Waals surface area (Å²) in [5.74, 6) is -0.664. The van der Waals surface area contributed by atoms with Gasteiger partial charge < -0.3 is 5.11 Å². The molecule has 0 aromatic carbocycles. The maximum absolute atomic E-state index is 10.3. The van der Waals surface area contributed by atoms with E-state index >= 15 is 0 Å². The van der Waals surface area contributed by atoms with Crippen molar-refractivity contribution in [1.29, 1.82) is 0 Å². The fraction of sp³-hybridized carbons (Fsp3) is 0.833. The molecule has 0 bridgehead atoms. The van der Waals surface area contributed by atoms with Crippen molar-refractivity contribution in [3.8, 4) is 0 Å². The van der Waals surface area contributed by atoms with E-state index < -0.39 is 5.97 Å². The molecular weight excluding hydrogens is 276 g/mol. The van der Waals surface area contributed by atoms with Crippen LogP contribution in [0.3, 0.4) is 0 Å². The first-order chi connectivity index (χ1) is 9.77. The van der Waals surface area contributed by atoms with Crippen LogP contribution in [0.15, 0.2) is 12.2 Å². The van der Waals surface area contributed by atoms with E-state index in [-0.39, 0.29) is 11.0 Å². The second kappa shape index (κ2) is 19.4. The van der Waals surface area contributed by atoms with Gasteiger partial charge in [0.25, 0.3) is 0 Å². The lowest BCUT2D eigenvalue weighted by Gasteiger charge is -1.99. The standard InChI is InChI=1S/C18H34O2.H4Si/c1-2-3-4-5-6-7-8-9-10-11-12-13-14-15-16-17-18(19)20;/h9-10H,2-8,11-17H2,1H3,(H,19,20);1H4/b10-9-;. The summed E-state index contributed by atoms with van der Waals surface area (Å²) in [6.07, 6.45) is 21.2. The lowest BCUT2D eigenvalue weighted by molar-refractivity contribution is -0.137. The molecule has 0 saturated carbocycles. The molecule has 0 spiro atoms. The minimum Gasteiger partial charge on any atom is -0.481 e. The number of carboxylic acid groups (broad SMARTS) is 1. The van der Waals surface area contributed by atoms with Crippen LogP contribution in [0.5, 0.6) is 0 Å². The molecule has 1 N–H and O–H groups in total. The Morgan fingerprint density at radius 2 is 1.19 bits per heavy atom. The molecule has 0 aliphatic rings. The van der Waals surface area contributed by atoms with Gasteiger partial charge in [0.1, 0.15) is 0 Å². The highest BCUT2D eigenvalue weighted by Gasteiger charge is 1.95. The number of hydrogen-bond acceptors (Lipinski definition) is 1. The van der Waals surface area contributed by atoms with Gasteiger partial charge in [-0.1, -0.05) is 70.4 Å². The Morgan fingerprint density at radius 3 is 1.67 bits per heavy atom. The summed E-state index contributed by atoms with van der Waals surface area (Å²) in [5.41, 5.74) is 0. The molecule has 0 amide bonds. The highest BCUT2D eigenvalue weighted by atomic mass is 28.1. The number of allylic oxidation sites excluding steroid dienone is 2. The fourth-order valence-electron chi connectivity index (χ4n) is 2.35. The van der Waals surface area contributed by atoms with Gasteiger partial charge in [0.15, 0.2) is 0 Å². The highest BCUT2D eigenvalue weighted by Crippen LogP contribution is 2.09. The molecule has 0 heterocycles. The van der Waals surface area contributed by atoms with E-state index in [0.717, 1.165) is 12.8 Å². The van der Waals surface area contributed by atoms with Crippen molar-refractivity contribution >= 4 is 16.9 Å². The summed E-state index contributed by atoms with van der Waals surface area (Å²) < 4.78 is 0. The van der Waals surface area contributed by atoms with Crippen molar-refractivity contribution in [3.63, 3.8) is 0 Å². The Labute approximate surface area is 136 Å². The Hall–Kier alpha value is -0.573. The Morgan fingerprint density at radius 1 is 0.762 bits per heavy atom. The van der Waals surface area contributed by atoms with Gasteiger partial charge in [0, 0.05) is 6.42 Å². The van der Waals surface area contributed by atoms with Gasteiger partial charge in [-0.15, -0.1) is 0 Å². The quantitative estimate of drug-likeness (QED) is 0.271. The third-order valence-electron chi connectivity index (χ3n) is 3.65. The van der Waals surface area contributed by atoms with Crippen LogP contribution in [0.1, 0.15) is 96.8 Å². The van der Waals surface area contributed by atoms with E-state index in [0.29, 0.717) is 6.42 Å². The van der Waals surface area contributed by atoms with Crippen LogP contribution in [0.4, 0.5) is 0 Å². The van der Waals surface area contributed by atoms with Crippen LogP contribution in [0.25, 0.3) is 0 Å². The molecule has 0 atom stereocenters. The predicted octanol–water partition coefficient (Wildman–Crippen LogP) is 4.66. The van der Waals surface area contributed by atoms with Crippen molar-refractivity contribution in [3.05, 3.63) is 12.2 Å². The molecule has 0 fully saturated rings. The summed E-state index contributed by atoms with van der Waals surface area (Å²) in [6, 6.07) is 0. The highest BCUT2D eigenvalue weighted by molar-refractivity contribution is 5.75. The predicted molar refractivity (Wildman–Crippen MR) is 98.4 cm³/mol. The van der Waals surface area contributed by atoms with Crippen LogP contribution < -0.4 is 0 Å². The van der Waals surface area contributed by atoms with Crippen molar-refractivity contribution in [2.75, 3.05) is 0 Å². The van der Waals surface area contributed by atoms with Gasteiger partial charge >= 0.3 is 5.97 Å². The van der Waals surface area contributed by atoms with Crippen molar-refractivity contribution < 1.29 is 9.90 Å². The van der Waals surface area contributed by atoms with E-state index in [1.807, 2.05) is 0 Å². The SMILES string of the molecule is CCCCCCCC/C=C\CCCCCCCC(=O)O.[SiH4]. The molecule has 0 rings (SSSR count). The van der Waals surface area contributed by atoms with Crippen molar-refractivity contribution in [2.45, 2.75) is 96.8 Å². The van der Waals surface area contributed by atoms with Crippen LogP contribution in [-0.2, 0) is 4.79 Å². The molecule has 21 heavy (non-hydrogen) atoms. The second-order valence-electron chi connectivity index (χ2n) is 5.73. The number of hydrogen-bond donors (Lipinski definition) is 1. The number of unbranched alkanes of at least 4 members (excludes halogenated alkanes) is 11. The Balaban J connectivity index is 0. The maximum atomic E-state index is 10.3. The first-order valence-electron chi connectivity index (χ1n) is 8.64. The molecule has 126 valence electrons. The van der Waals surface area contributed by atoms with E-state index in [1.165, 1.54) is 70.6 Å². The first-order valence-corrected chi connectivity index (χ1v) is 8.64. The topological polar surface area (TPSA) is 37.3 Å². The van der Waals surface area contributed by atoms with Gasteiger partial charge in [-0.25, -0.2) is 0 Å². The normalized spacial score (nSPS) is 10.7. The van der Waals surface area contributed by atoms with Crippen LogP contribution in [0, 0.1) is 0 Å². The van der Waals surface area contributed by atoms with E-state index in [9.17, 15) is 4.79 Å². The lowest BCUT2D eigenvalue weighted by atomic mass is 10.1. The zero-order chi connectivity index (χ0) is 14.9. The van der Waals surface area contributed by atoms with Crippen LogP contribution in [0.2, 0.25) is 0 Å². The second-order valence-corrected chi connectivity index (χ2v) is 5.73.